The number of carbonyl (C=O) groups excluding carboxylic acids is 1. The summed E-state index contributed by atoms with van der Waals surface area (Å²) in [5, 5.41) is 3.59. The van der Waals surface area contributed by atoms with Crippen LogP contribution in [-0.2, 0) is 20.7 Å². The van der Waals surface area contributed by atoms with Gasteiger partial charge in [-0.25, -0.2) is 0 Å². The lowest BCUT2D eigenvalue weighted by Gasteiger charge is -2.51. The summed E-state index contributed by atoms with van der Waals surface area (Å²) in [6, 6.07) is 4.30. The number of furan rings is 1. The van der Waals surface area contributed by atoms with E-state index in [-0.39, 0.29) is 29.0 Å². The third-order valence-corrected chi connectivity index (χ3v) is 8.17. The van der Waals surface area contributed by atoms with Crippen LogP contribution in [0.25, 0.3) is 0 Å². The van der Waals surface area contributed by atoms with Crippen LogP contribution >= 0.6 is 0 Å². The van der Waals surface area contributed by atoms with E-state index < -0.39 is 0 Å². The molecule has 154 valence electrons. The van der Waals surface area contributed by atoms with Gasteiger partial charge in [-0.05, 0) is 68.9 Å². The summed E-state index contributed by atoms with van der Waals surface area (Å²) in [5.41, 5.74) is 0.396. The van der Waals surface area contributed by atoms with Gasteiger partial charge in [0.1, 0.15) is 11.9 Å². The second-order valence-corrected chi connectivity index (χ2v) is 10.0. The molecular weight excluding hydrogens is 354 g/mol. The van der Waals surface area contributed by atoms with Crippen molar-refractivity contribution in [3.8, 4) is 0 Å². The van der Waals surface area contributed by atoms with E-state index in [9.17, 15) is 4.79 Å². The quantitative estimate of drug-likeness (QED) is 0.595. The Hall–Kier alpha value is -1.33. The Morgan fingerprint density at radius 2 is 2.21 bits per heavy atom. The van der Waals surface area contributed by atoms with Crippen LogP contribution in [0.2, 0.25) is 0 Å². The van der Waals surface area contributed by atoms with Gasteiger partial charge in [-0.3, -0.25) is 4.79 Å². The van der Waals surface area contributed by atoms with Gasteiger partial charge in [0.25, 0.3) is 0 Å². The number of carbonyl (C=O) groups is 1. The maximum atomic E-state index is 12.7. The summed E-state index contributed by atoms with van der Waals surface area (Å²) in [6.45, 7) is 6.24. The Balaban J connectivity index is 1.21. The van der Waals surface area contributed by atoms with Crippen molar-refractivity contribution >= 4 is 5.97 Å². The van der Waals surface area contributed by atoms with Crippen molar-refractivity contribution < 1.29 is 18.7 Å². The van der Waals surface area contributed by atoms with E-state index in [1.807, 2.05) is 12.1 Å². The van der Waals surface area contributed by atoms with E-state index >= 15 is 0 Å². The van der Waals surface area contributed by atoms with Gasteiger partial charge in [-0.15, -0.1) is 0 Å². The van der Waals surface area contributed by atoms with Gasteiger partial charge < -0.3 is 19.2 Å². The molecule has 5 rings (SSSR count). The van der Waals surface area contributed by atoms with Crippen LogP contribution in [0, 0.1) is 23.2 Å². The van der Waals surface area contributed by atoms with Crippen LogP contribution in [0.4, 0.5) is 0 Å². The molecule has 0 unspecified atom stereocenters. The number of epoxide rings is 1. The summed E-state index contributed by atoms with van der Waals surface area (Å²) in [5.74, 6) is 1.94. The van der Waals surface area contributed by atoms with Gasteiger partial charge in [-0.2, -0.15) is 0 Å². The zero-order chi connectivity index (χ0) is 19.4. The third-order valence-electron chi connectivity index (χ3n) is 8.17. The van der Waals surface area contributed by atoms with Gasteiger partial charge in [0.05, 0.1) is 24.4 Å². The molecule has 1 aromatic heterocycles. The first-order chi connectivity index (χ1) is 13.5. The van der Waals surface area contributed by atoms with Crippen LogP contribution in [0.3, 0.4) is 0 Å². The van der Waals surface area contributed by atoms with E-state index in [0.717, 1.165) is 44.6 Å². The standard InChI is InChI=1S/C23H33NO4/c1-15(6-7-16-5-3-10-26-16)24-13-18-17-11-20-22(2,12-19(17)28-21(18)25)8-4-9-23(20)14-27-23/h3,5,10,15,17-20,24H,4,6-9,11-14H2,1-2H3/t15-,17-,18+,19+,20-,22+,23-/m0/s1. The number of aryl methyl sites for hydroxylation is 1. The predicted octanol–water partition coefficient (Wildman–Crippen LogP) is 3.72. The molecule has 2 aliphatic carbocycles. The first-order valence-corrected chi connectivity index (χ1v) is 11.1. The molecule has 3 heterocycles. The first kappa shape index (κ1) is 18.7. The lowest BCUT2D eigenvalue weighted by molar-refractivity contribution is -0.147. The maximum absolute atomic E-state index is 12.7. The minimum Gasteiger partial charge on any atom is -0.469 e. The molecule has 1 spiro atoms. The number of hydrogen-bond donors (Lipinski definition) is 1. The predicted molar refractivity (Wildman–Crippen MR) is 105 cm³/mol. The van der Waals surface area contributed by atoms with Crippen LogP contribution in [-0.4, -0.2) is 36.9 Å². The summed E-state index contributed by atoms with van der Waals surface area (Å²) in [4.78, 5) is 12.7. The van der Waals surface area contributed by atoms with Gasteiger partial charge in [0.2, 0.25) is 0 Å². The summed E-state index contributed by atoms with van der Waals surface area (Å²) >= 11 is 0. The topological polar surface area (TPSA) is 64.0 Å². The Labute approximate surface area is 167 Å². The van der Waals surface area contributed by atoms with E-state index in [2.05, 4.69) is 19.2 Å². The summed E-state index contributed by atoms with van der Waals surface area (Å²) in [6.07, 6.45) is 9.54. The minimum atomic E-state index is -0.0154. The van der Waals surface area contributed by atoms with Crippen molar-refractivity contribution in [1.29, 1.82) is 0 Å². The van der Waals surface area contributed by atoms with Crippen molar-refractivity contribution in [3.63, 3.8) is 0 Å². The highest BCUT2D eigenvalue weighted by Crippen LogP contribution is 2.62. The van der Waals surface area contributed by atoms with Gasteiger partial charge >= 0.3 is 5.97 Å². The highest BCUT2D eigenvalue weighted by atomic mass is 16.6. The zero-order valence-corrected chi connectivity index (χ0v) is 17.1. The monoisotopic (exact) mass is 387 g/mol. The fraction of sp³-hybridized carbons (Fsp3) is 0.783. The average molecular weight is 388 g/mol. The molecule has 1 N–H and O–H groups in total. The molecule has 5 nitrogen and oxygen atoms in total. The molecule has 5 heteroatoms. The largest absolute Gasteiger partial charge is 0.469 e. The van der Waals surface area contributed by atoms with E-state index in [1.54, 1.807) is 6.26 Å². The molecule has 0 aromatic carbocycles. The average Bonchev–Trinajstić information content (AvgIpc) is 3.11. The number of nitrogens with one attached hydrogen (secondary N) is 1. The van der Waals surface area contributed by atoms with Crippen molar-refractivity contribution in [3.05, 3.63) is 24.2 Å². The second-order valence-electron chi connectivity index (χ2n) is 10.0. The number of esters is 1. The molecule has 4 fully saturated rings. The molecule has 0 radical (unpaired) electrons. The van der Waals surface area contributed by atoms with Crippen molar-refractivity contribution in [2.45, 2.75) is 76.5 Å². The number of fused-ring (bicyclic) bond motifs is 3. The maximum Gasteiger partial charge on any atom is 0.310 e. The Kier molecular flexibility index (Phi) is 4.59. The fourth-order valence-electron chi connectivity index (χ4n) is 6.43. The second kappa shape index (κ2) is 6.88. The van der Waals surface area contributed by atoms with Crippen LogP contribution in [0.1, 0.15) is 58.1 Å². The normalized spacial score (nSPS) is 42.7. The number of rotatable bonds is 6. The molecule has 2 saturated carbocycles. The molecule has 4 aliphatic rings. The van der Waals surface area contributed by atoms with Gasteiger partial charge in [-0.1, -0.05) is 6.92 Å². The molecule has 2 saturated heterocycles. The number of hydrogen-bond acceptors (Lipinski definition) is 5. The SMILES string of the molecule is C[C@@H](CCc1ccco1)NC[C@H]1C(=O)O[C@@H]2C[C@@]3(C)CCC[C@]4(CO4)[C@H]3C[C@H]21. The van der Waals surface area contributed by atoms with E-state index in [0.29, 0.717) is 17.9 Å². The van der Waals surface area contributed by atoms with Crippen LogP contribution in [0.15, 0.2) is 22.8 Å². The van der Waals surface area contributed by atoms with Crippen LogP contribution in [0.5, 0.6) is 0 Å². The highest BCUT2D eigenvalue weighted by molar-refractivity contribution is 5.75. The Morgan fingerprint density at radius 1 is 1.36 bits per heavy atom. The molecule has 28 heavy (non-hydrogen) atoms. The molecule has 1 aromatic rings. The molecule has 0 amide bonds. The van der Waals surface area contributed by atoms with Crippen LogP contribution < -0.4 is 5.32 Å². The lowest BCUT2D eigenvalue weighted by Crippen LogP contribution is -2.51. The van der Waals surface area contributed by atoms with Gasteiger partial charge in [0, 0.05) is 24.9 Å². The van der Waals surface area contributed by atoms with Crippen molar-refractivity contribution in [1.82, 2.24) is 5.32 Å². The number of ether oxygens (including phenoxy) is 2. The third kappa shape index (κ3) is 3.21. The lowest BCUT2D eigenvalue weighted by atomic mass is 9.53. The molecule has 7 atom stereocenters. The minimum absolute atomic E-state index is 0.00810. The fourth-order valence-corrected chi connectivity index (χ4v) is 6.43. The Bertz CT molecular complexity index is 712. The smallest absolute Gasteiger partial charge is 0.310 e. The van der Waals surface area contributed by atoms with E-state index in [4.69, 9.17) is 13.9 Å². The van der Waals surface area contributed by atoms with Gasteiger partial charge in [0.15, 0.2) is 0 Å². The highest BCUT2D eigenvalue weighted by Gasteiger charge is 2.64. The van der Waals surface area contributed by atoms with Crippen molar-refractivity contribution in [2.75, 3.05) is 13.2 Å². The molecule has 2 aliphatic heterocycles. The summed E-state index contributed by atoms with van der Waals surface area (Å²) in [7, 11) is 0. The van der Waals surface area contributed by atoms with E-state index in [1.165, 1.54) is 19.3 Å². The zero-order valence-electron chi connectivity index (χ0n) is 17.1. The summed E-state index contributed by atoms with van der Waals surface area (Å²) < 4.78 is 17.3. The van der Waals surface area contributed by atoms with Crippen molar-refractivity contribution in [2.24, 2.45) is 23.2 Å². The Morgan fingerprint density at radius 3 is 2.96 bits per heavy atom. The molecule has 0 bridgehead atoms. The molecular formula is C23H33NO4. The first-order valence-electron chi connectivity index (χ1n) is 11.1.